The van der Waals surface area contributed by atoms with Crippen LogP contribution in [0.25, 0.3) is 11.0 Å². The van der Waals surface area contributed by atoms with Crippen LogP contribution in [0.2, 0.25) is 0 Å². The molecule has 0 aliphatic carbocycles. The van der Waals surface area contributed by atoms with Crippen LogP contribution in [-0.2, 0) is 16.5 Å². The van der Waals surface area contributed by atoms with E-state index in [9.17, 15) is 5.26 Å². The van der Waals surface area contributed by atoms with Crippen LogP contribution in [0.15, 0.2) is 18.5 Å². The number of fused-ring (bicyclic) bond motifs is 1. The molecule has 0 aromatic carbocycles. The summed E-state index contributed by atoms with van der Waals surface area (Å²) in [4.78, 5) is 9.04. The van der Waals surface area contributed by atoms with Gasteiger partial charge in [-0.2, -0.15) is 10.2 Å². The summed E-state index contributed by atoms with van der Waals surface area (Å²) < 4.78 is 20.1. The van der Waals surface area contributed by atoms with Crippen molar-refractivity contribution in [2.75, 3.05) is 25.1 Å². The zero-order chi connectivity index (χ0) is 19.3. The average molecular weight is 381 g/mol. The highest BCUT2D eigenvalue weighted by molar-refractivity contribution is 5.79. The Bertz CT molecular complexity index is 1080. The molecule has 2 saturated heterocycles. The van der Waals surface area contributed by atoms with E-state index in [1.807, 2.05) is 24.7 Å². The summed E-state index contributed by atoms with van der Waals surface area (Å²) >= 11 is 0. The highest BCUT2D eigenvalue weighted by Gasteiger charge is 2.33. The van der Waals surface area contributed by atoms with Crippen LogP contribution < -0.4 is 10.1 Å². The third kappa shape index (κ3) is 2.76. The predicted octanol–water partition coefficient (Wildman–Crippen LogP) is 1.52. The first-order chi connectivity index (χ1) is 13.6. The Kier molecular flexibility index (Phi) is 3.92. The van der Waals surface area contributed by atoms with Crippen molar-refractivity contribution in [3.05, 3.63) is 24.2 Å². The molecule has 3 aromatic heterocycles. The van der Waals surface area contributed by atoms with E-state index in [0.29, 0.717) is 48.7 Å². The number of nitrogens with zero attached hydrogens (tertiary/aromatic N) is 6. The molecule has 2 atom stereocenters. The lowest BCUT2D eigenvalue weighted by atomic mass is 10.1. The third-order valence-corrected chi connectivity index (χ3v) is 5.02. The van der Waals surface area contributed by atoms with E-state index in [2.05, 4.69) is 26.5 Å². The lowest BCUT2D eigenvalue weighted by Crippen LogP contribution is -2.39. The Morgan fingerprint density at radius 2 is 2.21 bits per heavy atom. The highest BCUT2D eigenvalue weighted by Crippen LogP contribution is 2.32. The predicted molar refractivity (Wildman–Crippen MR) is 98.4 cm³/mol. The van der Waals surface area contributed by atoms with Gasteiger partial charge in [-0.15, -0.1) is 5.10 Å². The fourth-order valence-electron chi connectivity index (χ4n) is 3.35. The molecule has 1 unspecified atom stereocenters. The van der Waals surface area contributed by atoms with Gasteiger partial charge in [0.1, 0.15) is 29.2 Å². The normalized spacial score (nSPS) is 21.8. The van der Waals surface area contributed by atoms with Crippen LogP contribution in [0.1, 0.15) is 18.7 Å². The van der Waals surface area contributed by atoms with Gasteiger partial charge in [0.05, 0.1) is 38.2 Å². The zero-order valence-corrected chi connectivity index (χ0v) is 15.5. The number of aryl methyl sites for hydroxylation is 1. The molecule has 28 heavy (non-hydrogen) atoms. The summed E-state index contributed by atoms with van der Waals surface area (Å²) in [6.45, 7) is 3.68. The van der Waals surface area contributed by atoms with Gasteiger partial charge in [-0.05, 0) is 13.0 Å². The molecule has 0 spiro atoms. The first-order valence-electron chi connectivity index (χ1n) is 9.07. The number of rotatable bonds is 5. The number of nitriles is 1. The molecule has 3 aromatic rings. The molecule has 5 rings (SSSR count). The molecule has 144 valence electrons. The van der Waals surface area contributed by atoms with Crippen molar-refractivity contribution in [2.24, 2.45) is 7.05 Å². The molecule has 10 heteroatoms. The Labute approximate surface area is 160 Å². The Balaban J connectivity index is 1.49. The maximum atomic E-state index is 9.52. The molecule has 0 saturated carbocycles. The van der Waals surface area contributed by atoms with Crippen molar-refractivity contribution in [1.82, 2.24) is 24.3 Å². The molecular weight excluding hydrogens is 362 g/mol. The molecule has 1 N–H and O–H groups in total. The van der Waals surface area contributed by atoms with Crippen LogP contribution in [0.5, 0.6) is 5.88 Å². The van der Waals surface area contributed by atoms with E-state index in [1.54, 1.807) is 16.9 Å². The van der Waals surface area contributed by atoms with Gasteiger partial charge < -0.3 is 24.1 Å². The van der Waals surface area contributed by atoms with Crippen molar-refractivity contribution >= 4 is 22.7 Å². The fraction of sp³-hybridized carbons (Fsp3) is 0.444. The third-order valence-electron chi connectivity index (χ3n) is 5.02. The van der Waals surface area contributed by atoms with Gasteiger partial charge in [0.15, 0.2) is 0 Å². The van der Waals surface area contributed by atoms with Gasteiger partial charge in [-0.1, -0.05) is 0 Å². The molecule has 0 bridgehead atoms. The van der Waals surface area contributed by atoms with Crippen molar-refractivity contribution in [3.8, 4) is 11.9 Å². The van der Waals surface area contributed by atoms with Crippen LogP contribution in [0.4, 0.5) is 11.6 Å². The minimum atomic E-state index is 0.00868. The number of aromatic nitrogens is 5. The molecule has 2 fully saturated rings. The van der Waals surface area contributed by atoms with Crippen LogP contribution >= 0.6 is 0 Å². The van der Waals surface area contributed by atoms with Gasteiger partial charge in [-0.3, -0.25) is 4.68 Å². The van der Waals surface area contributed by atoms with Gasteiger partial charge in [0.2, 0.25) is 5.95 Å². The monoisotopic (exact) mass is 381 g/mol. The van der Waals surface area contributed by atoms with E-state index >= 15 is 0 Å². The summed E-state index contributed by atoms with van der Waals surface area (Å²) in [5, 5.41) is 17.9. The van der Waals surface area contributed by atoms with Crippen molar-refractivity contribution in [2.45, 2.75) is 25.2 Å². The topological polar surface area (TPSA) is 112 Å². The summed E-state index contributed by atoms with van der Waals surface area (Å²) in [6, 6.07) is 4.14. The highest BCUT2D eigenvalue weighted by atomic mass is 16.6. The zero-order valence-electron chi connectivity index (χ0n) is 15.5. The van der Waals surface area contributed by atoms with E-state index in [-0.39, 0.29) is 18.2 Å². The Morgan fingerprint density at radius 1 is 1.36 bits per heavy atom. The second-order valence-corrected chi connectivity index (χ2v) is 7.01. The summed E-state index contributed by atoms with van der Waals surface area (Å²) in [7, 11) is 1.82. The lowest BCUT2D eigenvalue weighted by Gasteiger charge is -2.35. The molecule has 2 aliphatic rings. The molecule has 10 nitrogen and oxygen atoms in total. The second-order valence-electron chi connectivity index (χ2n) is 7.01. The Morgan fingerprint density at radius 3 is 2.86 bits per heavy atom. The van der Waals surface area contributed by atoms with Gasteiger partial charge >= 0.3 is 0 Å². The number of hydrogen-bond acceptors (Lipinski definition) is 8. The SMILES string of the molecule is C[C@@H]1OCC1n1c(C#N)cc2cnc(Nc3cn(C)nc3OC3COC3)nc21. The lowest BCUT2D eigenvalue weighted by molar-refractivity contribution is -0.0918. The van der Waals surface area contributed by atoms with Gasteiger partial charge in [0.25, 0.3) is 5.88 Å². The number of ether oxygens (including phenoxy) is 3. The van der Waals surface area contributed by atoms with Crippen molar-refractivity contribution < 1.29 is 14.2 Å². The van der Waals surface area contributed by atoms with Crippen LogP contribution in [0.3, 0.4) is 0 Å². The first kappa shape index (κ1) is 17.0. The molecule has 5 heterocycles. The fourth-order valence-corrected chi connectivity index (χ4v) is 3.35. The first-order valence-corrected chi connectivity index (χ1v) is 9.07. The quantitative estimate of drug-likeness (QED) is 0.708. The van der Waals surface area contributed by atoms with Gasteiger partial charge in [-0.25, -0.2) is 4.98 Å². The van der Waals surface area contributed by atoms with Crippen LogP contribution in [-0.4, -0.2) is 56.3 Å². The van der Waals surface area contributed by atoms with Crippen molar-refractivity contribution in [1.29, 1.82) is 5.26 Å². The molecular formula is C18H19N7O3. The summed E-state index contributed by atoms with van der Waals surface area (Å²) in [5.41, 5.74) is 1.93. The van der Waals surface area contributed by atoms with Crippen molar-refractivity contribution in [3.63, 3.8) is 0 Å². The van der Waals surface area contributed by atoms with E-state index in [0.717, 1.165) is 5.39 Å². The summed E-state index contributed by atoms with van der Waals surface area (Å²) in [6.07, 6.45) is 3.57. The smallest absolute Gasteiger partial charge is 0.257 e. The molecule has 0 radical (unpaired) electrons. The van der Waals surface area contributed by atoms with Crippen LogP contribution in [0, 0.1) is 11.3 Å². The standard InChI is InChI=1S/C18H19N7O3/c1-10-15(9-27-10)25-12(4-19)3-11-5-20-18(22-16(11)25)21-14-6-24(2)23-17(14)28-13-7-26-8-13/h3,5-6,10,13,15H,7-9H2,1-2H3,(H,20,21,22)/t10-,15?/m0/s1. The van der Waals surface area contributed by atoms with E-state index in [1.165, 1.54) is 0 Å². The number of nitrogens with one attached hydrogen (secondary N) is 1. The molecule has 2 aliphatic heterocycles. The Hall–Kier alpha value is -3.16. The number of anilines is 2. The second kappa shape index (κ2) is 6.47. The largest absolute Gasteiger partial charge is 0.467 e. The maximum absolute atomic E-state index is 9.52. The maximum Gasteiger partial charge on any atom is 0.257 e. The minimum Gasteiger partial charge on any atom is -0.467 e. The average Bonchev–Trinajstić information content (AvgIpc) is 3.17. The minimum absolute atomic E-state index is 0.00868. The number of hydrogen-bond donors (Lipinski definition) is 1. The van der Waals surface area contributed by atoms with E-state index in [4.69, 9.17) is 14.2 Å². The molecule has 0 amide bonds. The van der Waals surface area contributed by atoms with E-state index < -0.39 is 0 Å². The summed E-state index contributed by atoms with van der Waals surface area (Å²) in [5.74, 6) is 0.889. The van der Waals surface area contributed by atoms with Gasteiger partial charge in [0, 0.05) is 18.6 Å².